The van der Waals surface area contributed by atoms with E-state index in [0.717, 1.165) is 29.7 Å². The normalized spacial score (nSPS) is 10.8. The van der Waals surface area contributed by atoms with Crippen molar-refractivity contribution in [3.8, 4) is 0 Å². The summed E-state index contributed by atoms with van der Waals surface area (Å²) in [5, 5.41) is 3.43. The van der Waals surface area contributed by atoms with Gasteiger partial charge >= 0.3 is 0 Å². The van der Waals surface area contributed by atoms with Crippen molar-refractivity contribution in [2.24, 2.45) is 0 Å². The SMILES string of the molecule is C=CCCN(C)c1oc(SCC)c2ccccc12. The van der Waals surface area contributed by atoms with Gasteiger partial charge in [0.2, 0.25) is 5.88 Å². The smallest absolute Gasteiger partial charge is 0.204 e. The van der Waals surface area contributed by atoms with E-state index in [2.05, 4.69) is 49.7 Å². The monoisotopic (exact) mass is 261 g/mol. The Morgan fingerprint density at radius 1 is 1.33 bits per heavy atom. The standard InChI is InChI=1S/C15H19NOS/c1-4-6-11-16(3)14-12-9-7-8-10-13(12)15(17-14)18-5-2/h4,7-10H,1,5-6,11H2,2-3H3. The van der Waals surface area contributed by atoms with Crippen LogP contribution in [0.25, 0.3) is 10.8 Å². The minimum atomic E-state index is 0.928. The molecule has 0 radical (unpaired) electrons. The van der Waals surface area contributed by atoms with E-state index in [0.29, 0.717) is 0 Å². The largest absolute Gasteiger partial charge is 0.433 e. The molecule has 3 heteroatoms. The van der Waals surface area contributed by atoms with Crippen molar-refractivity contribution in [3.05, 3.63) is 36.9 Å². The predicted octanol–water partition coefficient (Wildman–Crippen LogP) is 4.56. The Balaban J connectivity index is 2.40. The van der Waals surface area contributed by atoms with Crippen molar-refractivity contribution in [1.29, 1.82) is 0 Å². The van der Waals surface area contributed by atoms with Crippen LogP contribution in [0.3, 0.4) is 0 Å². The number of hydrogen-bond acceptors (Lipinski definition) is 3. The molecular weight excluding hydrogens is 242 g/mol. The van der Waals surface area contributed by atoms with Crippen LogP contribution in [0.15, 0.2) is 46.4 Å². The van der Waals surface area contributed by atoms with Crippen LogP contribution in [0.5, 0.6) is 0 Å². The van der Waals surface area contributed by atoms with Gasteiger partial charge in [-0.05, 0) is 24.3 Å². The molecule has 1 aromatic carbocycles. The summed E-state index contributed by atoms with van der Waals surface area (Å²) in [6.45, 7) is 6.83. The molecule has 2 rings (SSSR count). The van der Waals surface area contributed by atoms with Crippen LogP contribution in [0.4, 0.5) is 5.88 Å². The Morgan fingerprint density at radius 3 is 2.72 bits per heavy atom. The lowest BCUT2D eigenvalue weighted by atomic mass is 10.2. The molecule has 1 aromatic heterocycles. The fourth-order valence-corrected chi connectivity index (χ4v) is 2.69. The summed E-state index contributed by atoms with van der Waals surface area (Å²) >= 11 is 1.75. The number of rotatable bonds is 6. The summed E-state index contributed by atoms with van der Waals surface area (Å²) in [4.78, 5) is 2.16. The third-order valence-electron chi connectivity index (χ3n) is 2.86. The molecule has 0 unspecified atom stereocenters. The van der Waals surface area contributed by atoms with Crippen molar-refractivity contribution < 1.29 is 4.42 Å². The summed E-state index contributed by atoms with van der Waals surface area (Å²) in [6.07, 6.45) is 2.89. The molecule has 18 heavy (non-hydrogen) atoms. The van der Waals surface area contributed by atoms with E-state index in [1.807, 2.05) is 6.08 Å². The summed E-state index contributed by atoms with van der Waals surface area (Å²) in [6, 6.07) is 8.37. The molecule has 0 bridgehead atoms. The van der Waals surface area contributed by atoms with Crippen LogP contribution in [-0.4, -0.2) is 19.3 Å². The first-order chi connectivity index (χ1) is 8.77. The van der Waals surface area contributed by atoms with Gasteiger partial charge in [-0.2, -0.15) is 0 Å². The second-order valence-corrected chi connectivity index (χ2v) is 5.41. The van der Waals surface area contributed by atoms with E-state index in [4.69, 9.17) is 4.42 Å². The number of thioether (sulfide) groups is 1. The summed E-state index contributed by atoms with van der Waals surface area (Å²) in [7, 11) is 2.06. The van der Waals surface area contributed by atoms with Gasteiger partial charge in [0.1, 0.15) is 0 Å². The number of anilines is 1. The van der Waals surface area contributed by atoms with E-state index in [1.54, 1.807) is 11.8 Å². The first-order valence-corrected chi connectivity index (χ1v) is 7.22. The average Bonchev–Trinajstić information content (AvgIpc) is 2.76. The van der Waals surface area contributed by atoms with Crippen molar-refractivity contribution in [1.82, 2.24) is 0 Å². The summed E-state index contributed by atoms with van der Waals surface area (Å²) < 4.78 is 6.02. The minimum Gasteiger partial charge on any atom is -0.433 e. The Hall–Kier alpha value is -1.35. The van der Waals surface area contributed by atoms with E-state index >= 15 is 0 Å². The fourth-order valence-electron chi connectivity index (χ4n) is 1.95. The van der Waals surface area contributed by atoms with Crippen molar-refractivity contribution >= 4 is 28.4 Å². The number of hydrogen-bond donors (Lipinski definition) is 0. The summed E-state index contributed by atoms with van der Waals surface area (Å²) in [5.41, 5.74) is 0. The van der Waals surface area contributed by atoms with Crippen LogP contribution in [0, 0.1) is 0 Å². The number of fused-ring (bicyclic) bond motifs is 1. The molecule has 0 amide bonds. The molecule has 0 aliphatic heterocycles. The third kappa shape index (κ3) is 2.56. The van der Waals surface area contributed by atoms with Gasteiger partial charge in [0.05, 0.1) is 0 Å². The van der Waals surface area contributed by atoms with Crippen LogP contribution >= 0.6 is 11.8 Å². The predicted molar refractivity (Wildman–Crippen MR) is 80.7 cm³/mol. The molecule has 0 aliphatic rings. The molecule has 0 atom stereocenters. The third-order valence-corrected chi connectivity index (χ3v) is 3.71. The average molecular weight is 261 g/mol. The van der Waals surface area contributed by atoms with Gasteiger partial charge in [-0.3, -0.25) is 0 Å². The van der Waals surface area contributed by atoms with Gasteiger partial charge in [-0.1, -0.05) is 36.9 Å². The Kier molecular flexibility index (Phi) is 4.37. The van der Waals surface area contributed by atoms with Gasteiger partial charge in [0.25, 0.3) is 0 Å². The molecule has 96 valence electrons. The maximum atomic E-state index is 6.02. The number of benzene rings is 1. The zero-order valence-corrected chi connectivity index (χ0v) is 11.8. The Bertz CT molecular complexity index is 532. The Morgan fingerprint density at radius 2 is 2.06 bits per heavy atom. The maximum absolute atomic E-state index is 6.02. The van der Waals surface area contributed by atoms with E-state index in [1.165, 1.54) is 10.8 Å². The molecule has 0 aliphatic carbocycles. The molecule has 0 fully saturated rings. The van der Waals surface area contributed by atoms with Crippen molar-refractivity contribution in [3.63, 3.8) is 0 Å². The van der Waals surface area contributed by atoms with Gasteiger partial charge < -0.3 is 9.32 Å². The van der Waals surface area contributed by atoms with E-state index in [-0.39, 0.29) is 0 Å². The highest BCUT2D eigenvalue weighted by atomic mass is 32.2. The summed E-state index contributed by atoms with van der Waals surface area (Å²) in [5.74, 6) is 1.98. The second kappa shape index (κ2) is 6.01. The number of nitrogens with zero attached hydrogens (tertiary/aromatic N) is 1. The second-order valence-electron chi connectivity index (χ2n) is 4.17. The Labute approximate surface area is 113 Å². The molecule has 2 nitrogen and oxygen atoms in total. The zero-order valence-electron chi connectivity index (χ0n) is 11.0. The molecule has 0 saturated heterocycles. The van der Waals surface area contributed by atoms with E-state index < -0.39 is 0 Å². The van der Waals surface area contributed by atoms with Crippen LogP contribution in [0.1, 0.15) is 13.3 Å². The lowest BCUT2D eigenvalue weighted by Gasteiger charge is -2.15. The van der Waals surface area contributed by atoms with Crippen LogP contribution < -0.4 is 4.90 Å². The highest BCUT2D eigenvalue weighted by Crippen LogP contribution is 2.37. The lowest BCUT2D eigenvalue weighted by molar-refractivity contribution is 0.478. The van der Waals surface area contributed by atoms with Gasteiger partial charge in [0, 0.05) is 24.4 Å². The first kappa shape index (κ1) is 13.1. The van der Waals surface area contributed by atoms with Crippen LogP contribution in [-0.2, 0) is 0 Å². The number of furan rings is 1. The maximum Gasteiger partial charge on any atom is 0.204 e. The highest BCUT2D eigenvalue weighted by molar-refractivity contribution is 7.99. The van der Waals surface area contributed by atoms with Crippen LogP contribution in [0.2, 0.25) is 0 Å². The lowest BCUT2D eigenvalue weighted by Crippen LogP contribution is -2.17. The molecule has 0 spiro atoms. The van der Waals surface area contributed by atoms with Gasteiger partial charge in [-0.15, -0.1) is 6.58 Å². The molecule has 0 saturated carbocycles. The minimum absolute atomic E-state index is 0.928. The fraction of sp³-hybridized carbons (Fsp3) is 0.333. The van der Waals surface area contributed by atoms with Crippen molar-refractivity contribution in [2.75, 3.05) is 24.2 Å². The zero-order chi connectivity index (χ0) is 13.0. The van der Waals surface area contributed by atoms with Gasteiger partial charge in [-0.25, -0.2) is 0 Å². The molecule has 1 heterocycles. The molecular formula is C15H19NOS. The van der Waals surface area contributed by atoms with Gasteiger partial charge in [0.15, 0.2) is 5.09 Å². The quantitative estimate of drug-likeness (QED) is 0.560. The van der Waals surface area contributed by atoms with Crippen molar-refractivity contribution in [2.45, 2.75) is 18.4 Å². The molecule has 0 N–H and O–H groups in total. The highest BCUT2D eigenvalue weighted by Gasteiger charge is 2.15. The topological polar surface area (TPSA) is 16.4 Å². The van der Waals surface area contributed by atoms with E-state index in [9.17, 15) is 0 Å². The first-order valence-electron chi connectivity index (χ1n) is 6.24. The molecule has 2 aromatic rings.